The summed E-state index contributed by atoms with van der Waals surface area (Å²) in [5.74, 6) is 0. The molecule has 0 bridgehead atoms. The van der Waals surface area contributed by atoms with Crippen LogP contribution in [0.25, 0.3) is 155 Å². The van der Waals surface area contributed by atoms with Gasteiger partial charge in [-0.25, -0.2) is 0 Å². The van der Waals surface area contributed by atoms with Gasteiger partial charge in [-0.2, -0.15) is 0 Å². The Labute approximate surface area is 540 Å². The third kappa shape index (κ3) is 10.6. The monoisotopic (exact) mass is 1310 g/mol. The van der Waals surface area contributed by atoms with Crippen molar-refractivity contribution >= 4 is 32.3 Å². The summed E-state index contributed by atoms with van der Waals surface area (Å²) in [5, 5.41) is 6.84. The summed E-state index contributed by atoms with van der Waals surface area (Å²) in [6, 6.07) is 101. The standard InChI is InChI=1S/C84H56N3.Ir/c1-54-43-44-85-84(45-54)61-33-29-59(30-34-61)69-18-8-10-20-71(69)66-46-65(70-19-9-7-17-68(70)58-27-31-60(32-28-58)82-41-25-55(2)52-86-82)47-67(48-66)72-21-11-12-22-73(72)76-40-37-64(83-42-26-56(3)53-87-83)51-79(76)63-36-39-78-77-38-35-62(57-15-5-4-6-16-57)49-80(77)74-23-13-14-24-75(74)81(78)50-63;/h4-31,33,35-36,38-53H,1-3H3;/q-3;+3/i1D3,2D3,3D3;. The maximum absolute atomic E-state index is 8.12. The number of benzene rings is 12. The van der Waals surface area contributed by atoms with Crippen molar-refractivity contribution in [2.24, 2.45) is 0 Å². The fraction of sp³-hybridized carbons (Fsp3) is 0.0357. The molecule has 0 radical (unpaired) electrons. The average molecular weight is 1310 g/mol. The Hall–Kier alpha value is -10.5. The molecule has 88 heavy (non-hydrogen) atoms. The molecule has 3 nitrogen and oxygen atoms in total. The minimum absolute atomic E-state index is 0. The van der Waals surface area contributed by atoms with Gasteiger partial charge >= 0.3 is 20.1 Å². The van der Waals surface area contributed by atoms with Crippen LogP contribution in [-0.4, -0.2) is 15.0 Å². The molecule has 15 aromatic rings. The molecule has 3 aromatic heterocycles. The van der Waals surface area contributed by atoms with E-state index in [1.807, 2.05) is 72.8 Å². The summed E-state index contributed by atoms with van der Waals surface area (Å²) in [6.45, 7) is -6.87. The van der Waals surface area contributed by atoms with Gasteiger partial charge in [0, 0.05) is 30.9 Å². The third-order valence-electron chi connectivity index (χ3n) is 16.5. The number of rotatable bonds is 11. The Morgan fingerprint density at radius 2 is 0.716 bits per heavy atom. The number of aromatic nitrogens is 3. The number of fused-ring (bicyclic) bond motifs is 6. The molecular weight excluding hydrogens is 1240 g/mol. The number of hydrogen-bond acceptors (Lipinski definition) is 3. The first-order valence-corrected chi connectivity index (χ1v) is 28.9. The predicted molar refractivity (Wildman–Crippen MR) is 363 cm³/mol. The zero-order valence-corrected chi connectivity index (χ0v) is 49.7. The van der Waals surface area contributed by atoms with E-state index in [1.54, 1.807) is 30.3 Å². The van der Waals surface area contributed by atoms with Crippen molar-refractivity contribution in [3.05, 3.63) is 320 Å². The van der Waals surface area contributed by atoms with Crippen molar-refractivity contribution in [2.45, 2.75) is 20.6 Å². The molecule has 0 unspecified atom stereocenters. The Morgan fingerprint density at radius 3 is 1.25 bits per heavy atom. The summed E-state index contributed by atoms with van der Waals surface area (Å²) in [4.78, 5) is 13.8. The number of hydrogen-bond donors (Lipinski definition) is 0. The van der Waals surface area contributed by atoms with E-state index < -0.39 is 20.6 Å². The second kappa shape index (κ2) is 23.8. The molecule has 0 aliphatic heterocycles. The fourth-order valence-electron chi connectivity index (χ4n) is 12.3. The molecule has 0 saturated heterocycles. The Bertz CT molecular complexity index is 5440. The molecule has 0 amide bonds. The summed E-state index contributed by atoms with van der Waals surface area (Å²) in [7, 11) is 0. The maximum Gasteiger partial charge on any atom is 3.00 e. The summed E-state index contributed by atoms with van der Waals surface area (Å²) in [5.41, 5.74) is 19.9. The average Bonchev–Trinajstić information content (AvgIpc) is 0.741. The Kier molecular flexibility index (Phi) is 12.4. The van der Waals surface area contributed by atoms with Crippen LogP contribution in [0, 0.1) is 38.8 Å². The molecule has 0 N–H and O–H groups in total. The minimum atomic E-state index is -2.32. The molecule has 416 valence electrons. The zero-order chi connectivity index (χ0) is 65.9. The molecule has 0 aliphatic rings. The van der Waals surface area contributed by atoms with Crippen molar-refractivity contribution in [3.8, 4) is 123 Å². The van der Waals surface area contributed by atoms with Crippen LogP contribution in [0.4, 0.5) is 0 Å². The van der Waals surface area contributed by atoms with E-state index in [2.05, 4.69) is 186 Å². The molecule has 0 atom stereocenters. The number of nitrogens with zero attached hydrogens (tertiary/aromatic N) is 3. The second-order valence-corrected chi connectivity index (χ2v) is 21.8. The van der Waals surface area contributed by atoms with Crippen LogP contribution in [0.1, 0.15) is 29.0 Å². The summed E-state index contributed by atoms with van der Waals surface area (Å²) >= 11 is 0. The van der Waals surface area contributed by atoms with Crippen LogP contribution in [0.15, 0.2) is 286 Å². The SMILES string of the molecule is [2H]C([2H])([2H])c1ccc(-c2[c-]cc(-c3ccccc3-c3cc(-c4ccccc4-c4c[c-]c(-c5cc(C([2H])([2H])[2H])ccn5)cc4)cc(-c4ccccc4-c4c[c-]c(-c5ccc(C([2H])([2H])[2H])cn5)cc4-c4ccc5c6ccc(-c7ccccc7)cc6c6ccccc6c5c4)c3)cc2)nc1.[Ir+3]. The molecule has 0 spiro atoms. The van der Waals surface area contributed by atoms with E-state index >= 15 is 0 Å². The van der Waals surface area contributed by atoms with Crippen molar-refractivity contribution in [1.29, 1.82) is 0 Å². The number of aryl methyl sites for hydroxylation is 3. The van der Waals surface area contributed by atoms with Gasteiger partial charge in [0.2, 0.25) is 0 Å². The van der Waals surface area contributed by atoms with Gasteiger partial charge in [-0.05, 0) is 168 Å². The first-order valence-electron chi connectivity index (χ1n) is 33.4. The van der Waals surface area contributed by atoms with Gasteiger partial charge in [-0.1, -0.05) is 226 Å². The van der Waals surface area contributed by atoms with E-state index in [4.69, 9.17) is 17.3 Å². The van der Waals surface area contributed by atoms with Gasteiger partial charge < -0.3 is 15.0 Å². The first-order chi connectivity index (χ1) is 46.5. The normalized spacial score (nSPS) is 13.2. The minimum Gasteiger partial charge on any atom is -0.305 e. The maximum atomic E-state index is 8.12. The molecular formula is C84H56IrN3. The molecule has 4 heteroatoms. The van der Waals surface area contributed by atoms with E-state index in [0.717, 1.165) is 122 Å². The summed E-state index contributed by atoms with van der Waals surface area (Å²) < 4.78 is 72.1. The van der Waals surface area contributed by atoms with Gasteiger partial charge in [-0.15, -0.1) is 83.4 Å². The van der Waals surface area contributed by atoms with Gasteiger partial charge in [0.1, 0.15) is 0 Å². The largest absolute Gasteiger partial charge is 3.00 e. The number of pyridine rings is 3. The van der Waals surface area contributed by atoms with Gasteiger partial charge in [0.05, 0.1) is 0 Å². The van der Waals surface area contributed by atoms with Gasteiger partial charge in [0.15, 0.2) is 0 Å². The molecule has 3 heterocycles. The molecule has 15 rings (SSSR count). The zero-order valence-electron chi connectivity index (χ0n) is 56.3. The Balaban J connectivity index is 0.00000807. The van der Waals surface area contributed by atoms with Crippen LogP contribution >= 0.6 is 0 Å². The quantitative estimate of drug-likeness (QED) is 0.0957. The van der Waals surface area contributed by atoms with Gasteiger partial charge in [0.25, 0.3) is 0 Å². The van der Waals surface area contributed by atoms with Crippen LogP contribution < -0.4 is 0 Å². The molecule has 0 saturated carbocycles. The van der Waals surface area contributed by atoms with E-state index in [-0.39, 0.29) is 36.8 Å². The van der Waals surface area contributed by atoms with Crippen molar-refractivity contribution in [3.63, 3.8) is 0 Å². The first kappa shape index (κ1) is 45.8. The van der Waals surface area contributed by atoms with E-state index in [9.17, 15) is 0 Å². The molecule has 0 fully saturated rings. The third-order valence-corrected chi connectivity index (χ3v) is 16.5. The van der Waals surface area contributed by atoms with Crippen LogP contribution in [0.2, 0.25) is 0 Å². The van der Waals surface area contributed by atoms with Crippen LogP contribution in [0.3, 0.4) is 0 Å². The summed E-state index contributed by atoms with van der Waals surface area (Å²) in [6.07, 6.45) is 4.36. The topological polar surface area (TPSA) is 38.7 Å². The van der Waals surface area contributed by atoms with Crippen molar-refractivity contribution in [2.75, 3.05) is 0 Å². The van der Waals surface area contributed by atoms with Crippen molar-refractivity contribution < 1.29 is 32.4 Å². The van der Waals surface area contributed by atoms with E-state index in [1.165, 1.54) is 30.0 Å². The van der Waals surface area contributed by atoms with E-state index in [0.29, 0.717) is 28.2 Å². The Morgan fingerprint density at radius 1 is 0.261 bits per heavy atom. The van der Waals surface area contributed by atoms with Crippen LogP contribution in [0.5, 0.6) is 0 Å². The van der Waals surface area contributed by atoms with Crippen molar-refractivity contribution in [1.82, 2.24) is 15.0 Å². The predicted octanol–water partition coefficient (Wildman–Crippen LogP) is 22.0. The fourth-order valence-corrected chi connectivity index (χ4v) is 12.3. The molecule has 12 aromatic carbocycles. The molecule has 0 aliphatic carbocycles. The second-order valence-electron chi connectivity index (χ2n) is 21.8. The van der Waals surface area contributed by atoms with Gasteiger partial charge in [-0.3, -0.25) is 0 Å². The van der Waals surface area contributed by atoms with Crippen LogP contribution in [-0.2, 0) is 20.1 Å². The smallest absolute Gasteiger partial charge is 0.305 e.